The highest BCUT2D eigenvalue weighted by atomic mass is 16.5. The SMILES string of the molecule is Cc1ccc(-c2ccc(OC(=O)c3ccc(N4C(=O)[C@@H]5[C@H]6C=C[C@@H]([C@@H]7C[C@H]67)[C@@H]5C4=O)cc3)c(C)c2)cc1. The van der Waals surface area contributed by atoms with Gasteiger partial charge in [-0.05, 0) is 97.0 Å². The van der Waals surface area contributed by atoms with Crippen LogP contribution in [0.3, 0.4) is 0 Å². The number of ether oxygens (including phenoxy) is 1. The Bertz CT molecular complexity index is 1450. The number of aryl methyl sites for hydroxylation is 2. The van der Waals surface area contributed by atoms with E-state index in [0.717, 1.165) is 23.1 Å². The van der Waals surface area contributed by atoms with Crippen molar-refractivity contribution in [3.05, 3.63) is 95.6 Å². The molecule has 0 N–H and O–H groups in total. The maximum absolute atomic E-state index is 13.3. The first-order chi connectivity index (χ1) is 17.9. The number of nitrogens with zero attached hydrogens (tertiary/aromatic N) is 1. The minimum Gasteiger partial charge on any atom is -0.423 e. The molecule has 3 aromatic rings. The molecule has 4 aliphatic carbocycles. The van der Waals surface area contributed by atoms with E-state index in [1.165, 1.54) is 10.5 Å². The Balaban J connectivity index is 1.07. The van der Waals surface area contributed by atoms with Crippen LogP contribution >= 0.6 is 0 Å². The van der Waals surface area contributed by atoms with Crippen molar-refractivity contribution in [2.45, 2.75) is 20.3 Å². The molecule has 2 saturated carbocycles. The zero-order valence-electron chi connectivity index (χ0n) is 20.8. The predicted octanol–water partition coefficient (Wildman–Crippen LogP) is 5.75. The van der Waals surface area contributed by atoms with Crippen LogP contribution in [0.15, 0.2) is 78.9 Å². The van der Waals surface area contributed by atoms with Crippen molar-refractivity contribution >= 4 is 23.5 Å². The number of rotatable bonds is 4. The van der Waals surface area contributed by atoms with Gasteiger partial charge in [0, 0.05) is 0 Å². The lowest BCUT2D eigenvalue weighted by atomic mass is 9.63. The van der Waals surface area contributed by atoms with E-state index in [-0.39, 0.29) is 35.5 Å². The first-order valence-corrected chi connectivity index (χ1v) is 13.0. The fourth-order valence-electron chi connectivity index (χ4n) is 6.81. The van der Waals surface area contributed by atoms with E-state index >= 15 is 0 Å². The number of carbonyl (C=O) groups excluding carboxylic acids is 3. The maximum Gasteiger partial charge on any atom is 0.343 e. The number of carbonyl (C=O) groups is 3. The highest BCUT2D eigenvalue weighted by Gasteiger charge is 2.67. The van der Waals surface area contributed by atoms with Gasteiger partial charge in [-0.3, -0.25) is 14.5 Å². The summed E-state index contributed by atoms with van der Waals surface area (Å²) in [5.41, 5.74) is 5.12. The second kappa shape index (κ2) is 8.01. The van der Waals surface area contributed by atoms with Gasteiger partial charge in [-0.1, -0.05) is 48.0 Å². The fraction of sp³-hybridized carbons (Fsp3) is 0.281. The number of esters is 1. The third-order valence-electron chi connectivity index (χ3n) is 8.79. The van der Waals surface area contributed by atoms with Crippen LogP contribution in [0.4, 0.5) is 5.69 Å². The summed E-state index contributed by atoms with van der Waals surface area (Å²) in [6, 6.07) is 20.7. The van der Waals surface area contributed by atoms with Crippen LogP contribution in [-0.2, 0) is 9.59 Å². The van der Waals surface area contributed by atoms with Gasteiger partial charge in [0.05, 0.1) is 23.1 Å². The number of hydrogen-bond donors (Lipinski definition) is 0. The van der Waals surface area contributed by atoms with Crippen LogP contribution in [0.5, 0.6) is 5.75 Å². The molecular weight excluding hydrogens is 462 g/mol. The maximum atomic E-state index is 13.3. The smallest absolute Gasteiger partial charge is 0.343 e. The van der Waals surface area contributed by atoms with Gasteiger partial charge in [-0.15, -0.1) is 0 Å². The molecule has 0 spiro atoms. The van der Waals surface area contributed by atoms with Crippen molar-refractivity contribution in [3.63, 3.8) is 0 Å². The Kier molecular flexibility index (Phi) is 4.81. The van der Waals surface area contributed by atoms with E-state index in [0.29, 0.717) is 28.8 Å². The summed E-state index contributed by atoms with van der Waals surface area (Å²) in [4.78, 5) is 40.9. The van der Waals surface area contributed by atoms with Crippen molar-refractivity contribution in [2.24, 2.45) is 35.5 Å². The molecule has 1 heterocycles. The Hall–Kier alpha value is -3.99. The van der Waals surface area contributed by atoms with Crippen molar-refractivity contribution in [2.75, 3.05) is 4.90 Å². The van der Waals surface area contributed by atoms with Gasteiger partial charge in [0.2, 0.25) is 11.8 Å². The molecule has 2 amide bonds. The monoisotopic (exact) mass is 489 g/mol. The number of amides is 2. The summed E-state index contributed by atoms with van der Waals surface area (Å²) in [5.74, 6) is 0.877. The van der Waals surface area contributed by atoms with Crippen molar-refractivity contribution in [1.29, 1.82) is 0 Å². The first-order valence-electron chi connectivity index (χ1n) is 13.0. The lowest BCUT2D eigenvalue weighted by Crippen LogP contribution is -2.40. The number of imide groups is 1. The quantitative estimate of drug-likeness (QED) is 0.203. The molecule has 1 aliphatic heterocycles. The van der Waals surface area contributed by atoms with Crippen LogP contribution in [0.25, 0.3) is 11.1 Å². The zero-order valence-corrected chi connectivity index (χ0v) is 20.8. The van der Waals surface area contributed by atoms with Crippen LogP contribution in [0.2, 0.25) is 0 Å². The number of hydrogen-bond acceptors (Lipinski definition) is 4. The molecule has 8 rings (SSSR count). The Labute approximate surface area is 215 Å². The standard InChI is InChI=1S/C32H27NO4/c1-17-3-5-19(6-4-17)21-9-14-27(18(2)15-21)37-32(36)20-7-10-22(11-8-20)33-30(34)28-23-12-13-24(26-16-25(23)26)29(28)31(33)35/h3-15,23-26,28-29H,16H2,1-2H3/t23-,24-,25-,26+,28-,29+/m0/s1. The molecule has 37 heavy (non-hydrogen) atoms. The van der Waals surface area contributed by atoms with Crippen LogP contribution in [0, 0.1) is 49.4 Å². The lowest BCUT2D eigenvalue weighted by Gasteiger charge is -2.37. The average molecular weight is 490 g/mol. The molecule has 6 atom stereocenters. The van der Waals surface area contributed by atoms with Gasteiger partial charge in [0.15, 0.2) is 0 Å². The molecule has 0 unspecified atom stereocenters. The van der Waals surface area contributed by atoms with Crippen molar-refractivity contribution in [3.8, 4) is 16.9 Å². The summed E-state index contributed by atoms with van der Waals surface area (Å²) in [5, 5.41) is 0. The summed E-state index contributed by atoms with van der Waals surface area (Å²) < 4.78 is 5.68. The number of allylic oxidation sites excluding steroid dienone is 2. The molecule has 5 aliphatic rings. The molecule has 5 heteroatoms. The van der Waals surface area contributed by atoms with E-state index in [1.54, 1.807) is 24.3 Å². The molecule has 3 aromatic carbocycles. The van der Waals surface area contributed by atoms with Gasteiger partial charge in [-0.2, -0.15) is 0 Å². The van der Waals surface area contributed by atoms with E-state index in [1.807, 2.05) is 25.1 Å². The van der Waals surface area contributed by atoms with Gasteiger partial charge in [0.25, 0.3) is 0 Å². The normalized spacial score (nSPS) is 28.8. The van der Waals surface area contributed by atoms with Gasteiger partial charge in [0.1, 0.15) is 5.75 Å². The van der Waals surface area contributed by atoms with E-state index in [4.69, 9.17) is 4.74 Å². The summed E-state index contributed by atoms with van der Waals surface area (Å²) >= 11 is 0. The summed E-state index contributed by atoms with van der Waals surface area (Å²) in [6.07, 6.45) is 5.48. The van der Waals surface area contributed by atoms with Gasteiger partial charge in [-0.25, -0.2) is 4.79 Å². The molecule has 5 nitrogen and oxygen atoms in total. The topological polar surface area (TPSA) is 63.7 Å². The van der Waals surface area contributed by atoms with Crippen molar-refractivity contribution in [1.82, 2.24) is 0 Å². The average Bonchev–Trinajstić information content (AvgIpc) is 3.69. The minimum atomic E-state index is -0.479. The van der Waals surface area contributed by atoms with Crippen molar-refractivity contribution < 1.29 is 19.1 Å². The van der Waals surface area contributed by atoms with Crippen LogP contribution in [-0.4, -0.2) is 17.8 Å². The number of benzene rings is 3. The molecule has 3 fully saturated rings. The van der Waals surface area contributed by atoms with Crippen LogP contribution < -0.4 is 9.64 Å². The summed E-state index contributed by atoms with van der Waals surface area (Å²) in [6.45, 7) is 3.97. The summed E-state index contributed by atoms with van der Waals surface area (Å²) in [7, 11) is 0. The minimum absolute atomic E-state index is 0.0979. The third kappa shape index (κ3) is 3.41. The first kappa shape index (κ1) is 22.2. The van der Waals surface area contributed by atoms with E-state index in [9.17, 15) is 14.4 Å². The molecule has 184 valence electrons. The zero-order chi connectivity index (χ0) is 25.4. The Morgan fingerprint density at radius 2 is 1.38 bits per heavy atom. The highest BCUT2D eigenvalue weighted by molar-refractivity contribution is 6.22. The third-order valence-corrected chi connectivity index (χ3v) is 8.79. The second-order valence-corrected chi connectivity index (χ2v) is 10.9. The Morgan fingerprint density at radius 3 is 1.97 bits per heavy atom. The molecule has 2 bridgehead atoms. The fourth-order valence-corrected chi connectivity index (χ4v) is 6.81. The van der Waals surface area contributed by atoms with Gasteiger partial charge < -0.3 is 4.74 Å². The molecule has 0 aromatic heterocycles. The number of anilines is 1. The van der Waals surface area contributed by atoms with E-state index < -0.39 is 5.97 Å². The van der Waals surface area contributed by atoms with E-state index in [2.05, 4.69) is 43.3 Å². The van der Waals surface area contributed by atoms with Crippen LogP contribution in [0.1, 0.15) is 27.9 Å². The predicted molar refractivity (Wildman–Crippen MR) is 140 cm³/mol. The largest absolute Gasteiger partial charge is 0.423 e. The van der Waals surface area contributed by atoms with Gasteiger partial charge >= 0.3 is 5.97 Å². The molecule has 1 saturated heterocycles. The molecular formula is C32H27NO4. The lowest BCUT2D eigenvalue weighted by molar-refractivity contribution is -0.124. The Morgan fingerprint density at radius 1 is 0.784 bits per heavy atom. The molecule has 0 radical (unpaired) electrons. The second-order valence-electron chi connectivity index (χ2n) is 10.9. The highest BCUT2D eigenvalue weighted by Crippen LogP contribution is 2.65.